The molecule has 0 saturated carbocycles. The van der Waals surface area contributed by atoms with Gasteiger partial charge in [-0.05, 0) is 49.4 Å². The monoisotopic (exact) mass is 395 g/mol. The van der Waals surface area contributed by atoms with Crippen LogP contribution in [-0.4, -0.2) is 34.0 Å². The summed E-state index contributed by atoms with van der Waals surface area (Å²) in [5.41, 5.74) is 2.73. The first-order chi connectivity index (χ1) is 13.6. The largest absolute Gasteiger partial charge is 0.339 e. The van der Waals surface area contributed by atoms with E-state index in [1.54, 1.807) is 12.1 Å². The maximum Gasteiger partial charge on any atom is 0.253 e. The predicted octanol–water partition coefficient (Wildman–Crippen LogP) is 4.79. The fourth-order valence-corrected chi connectivity index (χ4v) is 3.93. The summed E-state index contributed by atoms with van der Waals surface area (Å²) in [5.74, 6) is 1.58. The molecule has 1 aliphatic rings. The number of aryl methyl sites for hydroxylation is 1. The van der Waals surface area contributed by atoms with E-state index in [9.17, 15) is 4.79 Å². The lowest BCUT2D eigenvalue weighted by Gasteiger charge is -2.32. The van der Waals surface area contributed by atoms with Gasteiger partial charge >= 0.3 is 0 Å². The molecule has 4 rings (SSSR count). The van der Waals surface area contributed by atoms with E-state index >= 15 is 0 Å². The summed E-state index contributed by atoms with van der Waals surface area (Å²) in [4.78, 5) is 19.3. The van der Waals surface area contributed by atoms with Gasteiger partial charge in [-0.2, -0.15) is 4.98 Å². The minimum absolute atomic E-state index is 0.0262. The van der Waals surface area contributed by atoms with Crippen LogP contribution in [0, 0.1) is 12.8 Å². The van der Waals surface area contributed by atoms with Gasteiger partial charge in [-0.3, -0.25) is 4.79 Å². The van der Waals surface area contributed by atoms with Crippen molar-refractivity contribution in [2.24, 2.45) is 5.92 Å². The lowest BCUT2D eigenvalue weighted by atomic mass is 9.94. The first-order valence-electron chi connectivity index (χ1n) is 9.53. The van der Waals surface area contributed by atoms with E-state index < -0.39 is 0 Å². The molecular formula is C22H22ClN3O2. The van der Waals surface area contributed by atoms with Gasteiger partial charge in [-0.15, -0.1) is 0 Å². The molecule has 1 amide bonds. The van der Waals surface area contributed by atoms with Crippen molar-refractivity contribution in [3.8, 4) is 11.4 Å². The Morgan fingerprint density at radius 3 is 2.93 bits per heavy atom. The maximum atomic E-state index is 12.8. The van der Waals surface area contributed by atoms with Crippen molar-refractivity contribution in [3.63, 3.8) is 0 Å². The van der Waals surface area contributed by atoms with Crippen molar-refractivity contribution in [1.29, 1.82) is 0 Å². The van der Waals surface area contributed by atoms with Crippen LogP contribution in [0.15, 0.2) is 53.1 Å². The molecule has 3 aromatic rings. The van der Waals surface area contributed by atoms with Gasteiger partial charge in [0, 0.05) is 35.7 Å². The molecule has 2 heterocycles. The number of likely N-dealkylation sites (tertiary alicyclic amines) is 1. The van der Waals surface area contributed by atoms with Gasteiger partial charge in [-0.1, -0.05) is 47.1 Å². The van der Waals surface area contributed by atoms with E-state index in [0.29, 0.717) is 41.2 Å². The first-order valence-corrected chi connectivity index (χ1v) is 9.91. The highest BCUT2D eigenvalue weighted by Crippen LogP contribution is 2.25. The minimum atomic E-state index is 0.0262. The Bertz CT molecular complexity index is 985. The number of rotatable bonds is 4. The smallest absolute Gasteiger partial charge is 0.253 e. The summed E-state index contributed by atoms with van der Waals surface area (Å²) >= 11 is 6.03. The van der Waals surface area contributed by atoms with Crippen LogP contribution in [0.25, 0.3) is 11.4 Å². The SMILES string of the molecule is Cc1ccccc1-c1noc(C[C@@H]2CCCN(C(=O)c3cccc(Cl)c3)C2)n1. The number of carbonyl (C=O) groups excluding carboxylic acids is 1. The van der Waals surface area contributed by atoms with Crippen LogP contribution in [0.2, 0.25) is 5.02 Å². The van der Waals surface area contributed by atoms with Gasteiger partial charge < -0.3 is 9.42 Å². The van der Waals surface area contributed by atoms with Crippen LogP contribution in [0.4, 0.5) is 0 Å². The molecule has 5 nitrogen and oxygen atoms in total. The topological polar surface area (TPSA) is 59.2 Å². The molecule has 1 saturated heterocycles. The Balaban J connectivity index is 1.43. The van der Waals surface area contributed by atoms with Gasteiger partial charge in [0.1, 0.15) is 0 Å². The van der Waals surface area contributed by atoms with E-state index in [1.165, 1.54) is 0 Å². The van der Waals surface area contributed by atoms with Crippen LogP contribution >= 0.6 is 11.6 Å². The Morgan fingerprint density at radius 1 is 1.25 bits per heavy atom. The summed E-state index contributed by atoms with van der Waals surface area (Å²) < 4.78 is 5.49. The zero-order chi connectivity index (χ0) is 19.5. The number of nitrogens with zero attached hydrogens (tertiary/aromatic N) is 3. The third-order valence-electron chi connectivity index (χ3n) is 5.20. The van der Waals surface area contributed by atoms with Crippen molar-refractivity contribution in [3.05, 3.63) is 70.6 Å². The second-order valence-electron chi connectivity index (χ2n) is 7.30. The molecule has 2 aromatic carbocycles. The number of hydrogen-bond donors (Lipinski definition) is 0. The molecule has 28 heavy (non-hydrogen) atoms. The Kier molecular flexibility index (Phi) is 5.44. The Morgan fingerprint density at radius 2 is 2.11 bits per heavy atom. The molecule has 0 radical (unpaired) electrons. The summed E-state index contributed by atoms with van der Waals surface area (Å²) in [7, 11) is 0. The standard InChI is InChI=1S/C22H22ClN3O2/c1-15-6-2-3-10-19(15)21-24-20(28-25-21)12-16-7-5-11-26(14-16)22(27)17-8-4-9-18(23)13-17/h2-4,6,8-10,13,16H,5,7,11-12,14H2,1H3/t16-/m0/s1. The van der Waals surface area contributed by atoms with Crippen LogP contribution < -0.4 is 0 Å². The highest BCUT2D eigenvalue weighted by atomic mass is 35.5. The van der Waals surface area contributed by atoms with E-state index in [1.807, 2.05) is 48.2 Å². The number of piperidine rings is 1. The highest BCUT2D eigenvalue weighted by molar-refractivity contribution is 6.30. The molecule has 0 N–H and O–H groups in total. The summed E-state index contributed by atoms with van der Waals surface area (Å²) in [6.45, 7) is 3.49. The molecular weight excluding hydrogens is 374 g/mol. The molecule has 0 aliphatic carbocycles. The van der Waals surface area contributed by atoms with Gasteiger partial charge in [0.25, 0.3) is 5.91 Å². The second-order valence-corrected chi connectivity index (χ2v) is 7.74. The number of aromatic nitrogens is 2. The molecule has 0 bridgehead atoms. The number of benzene rings is 2. The van der Waals surface area contributed by atoms with Gasteiger partial charge in [0.15, 0.2) is 0 Å². The first kappa shape index (κ1) is 18.7. The molecule has 0 unspecified atom stereocenters. The normalized spacial score (nSPS) is 16.9. The van der Waals surface area contributed by atoms with E-state index in [2.05, 4.69) is 10.1 Å². The van der Waals surface area contributed by atoms with Crippen LogP contribution in [-0.2, 0) is 6.42 Å². The van der Waals surface area contributed by atoms with Crippen LogP contribution in [0.3, 0.4) is 0 Å². The van der Waals surface area contributed by atoms with Crippen molar-refractivity contribution < 1.29 is 9.32 Å². The highest BCUT2D eigenvalue weighted by Gasteiger charge is 2.26. The lowest BCUT2D eigenvalue weighted by Crippen LogP contribution is -2.40. The average molecular weight is 396 g/mol. The summed E-state index contributed by atoms with van der Waals surface area (Å²) in [6, 6.07) is 15.1. The van der Waals surface area contributed by atoms with Crippen LogP contribution in [0.5, 0.6) is 0 Å². The van der Waals surface area contributed by atoms with Crippen molar-refractivity contribution in [2.75, 3.05) is 13.1 Å². The fourth-order valence-electron chi connectivity index (χ4n) is 3.74. The molecule has 1 aliphatic heterocycles. The Labute approximate surface area is 169 Å². The predicted molar refractivity (Wildman–Crippen MR) is 108 cm³/mol. The van der Waals surface area contributed by atoms with Crippen molar-refractivity contribution >= 4 is 17.5 Å². The van der Waals surface area contributed by atoms with E-state index in [-0.39, 0.29) is 5.91 Å². The minimum Gasteiger partial charge on any atom is -0.339 e. The van der Waals surface area contributed by atoms with Crippen molar-refractivity contribution in [1.82, 2.24) is 15.0 Å². The molecule has 1 fully saturated rings. The number of carbonyl (C=O) groups is 1. The zero-order valence-corrected chi connectivity index (χ0v) is 16.5. The lowest BCUT2D eigenvalue weighted by molar-refractivity contribution is 0.0668. The number of hydrogen-bond acceptors (Lipinski definition) is 4. The maximum absolute atomic E-state index is 12.8. The van der Waals surface area contributed by atoms with Crippen molar-refractivity contribution in [2.45, 2.75) is 26.2 Å². The van der Waals surface area contributed by atoms with Gasteiger partial charge in [0.2, 0.25) is 11.7 Å². The molecule has 1 aromatic heterocycles. The third-order valence-corrected chi connectivity index (χ3v) is 5.43. The Hall–Kier alpha value is -2.66. The van der Waals surface area contributed by atoms with E-state index in [0.717, 1.165) is 30.5 Å². The quantitative estimate of drug-likeness (QED) is 0.637. The van der Waals surface area contributed by atoms with E-state index in [4.69, 9.17) is 16.1 Å². The third kappa shape index (κ3) is 4.09. The fraction of sp³-hybridized carbons (Fsp3) is 0.318. The summed E-state index contributed by atoms with van der Waals surface area (Å²) in [6.07, 6.45) is 2.69. The number of amides is 1. The molecule has 1 atom stereocenters. The average Bonchev–Trinajstić information content (AvgIpc) is 3.16. The molecule has 6 heteroatoms. The molecule has 144 valence electrons. The van der Waals surface area contributed by atoms with Gasteiger partial charge in [-0.25, -0.2) is 0 Å². The second kappa shape index (κ2) is 8.15. The molecule has 0 spiro atoms. The number of halogens is 1. The van der Waals surface area contributed by atoms with Gasteiger partial charge in [0.05, 0.1) is 0 Å². The zero-order valence-electron chi connectivity index (χ0n) is 15.8. The summed E-state index contributed by atoms with van der Waals surface area (Å²) in [5, 5.41) is 4.72. The van der Waals surface area contributed by atoms with Crippen LogP contribution in [0.1, 0.15) is 34.7 Å².